The summed E-state index contributed by atoms with van der Waals surface area (Å²) >= 11 is 0. The van der Waals surface area contributed by atoms with Crippen molar-refractivity contribution < 1.29 is 0 Å². The molecule has 0 bridgehead atoms. The highest BCUT2D eigenvalue weighted by molar-refractivity contribution is 5.96. The number of hydrogen-bond donors (Lipinski definition) is 1. The molecule has 0 spiro atoms. The molecule has 4 heteroatoms. The summed E-state index contributed by atoms with van der Waals surface area (Å²) in [6.07, 6.45) is 14.5. The van der Waals surface area contributed by atoms with Crippen LogP contribution >= 0.6 is 0 Å². The van der Waals surface area contributed by atoms with Crippen molar-refractivity contribution in [1.29, 1.82) is 0 Å². The summed E-state index contributed by atoms with van der Waals surface area (Å²) in [7, 11) is 0. The van der Waals surface area contributed by atoms with Gasteiger partial charge in [-0.15, -0.1) is 5.73 Å². The number of nitrogens with zero attached hydrogens (tertiary/aromatic N) is 3. The first kappa shape index (κ1) is 32.1. The van der Waals surface area contributed by atoms with Crippen molar-refractivity contribution in [3.8, 4) is 56.2 Å². The molecule has 252 valence electrons. The number of benzene rings is 5. The number of fused-ring (bicyclic) bond motifs is 1. The summed E-state index contributed by atoms with van der Waals surface area (Å²) in [5, 5.41) is 4.53. The minimum atomic E-state index is 0.264. The van der Waals surface area contributed by atoms with Crippen LogP contribution in [0.3, 0.4) is 0 Å². The molecule has 3 heterocycles. The first-order valence-corrected chi connectivity index (χ1v) is 18.1. The minimum absolute atomic E-state index is 0.264. The molecule has 7 aromatic rings. The highest BCUT2D eigenvalue weighted by atomic mass is 14.9. The molecule has 0 amide bonds. The summed E-state index contributed by atoms with van der Waals surface area (Å²) in [5.41, 5.74) is 18.2. The number of rotatable bonds is 7. The van der Waals surface area contributed by atoms with E-state index in [0.717, 1.165) is 90.2 Å². The Bertz CT molecular complexity index is 2660. The smallest absolute Gasteiger partial charge is 0.160 e. The van der Waals surface area contributed by atoms with E-state index < -0.39 is 0 Å². The fourth-order valence-corrected chi connectivity index (χ4v) is 7.18. The lowest BCUT2D eigenvalue weighted by molar-refractivity contribution is 0.961. The number of aromatic nitrogens is 3. The summed E-state index contributed by atoms with van der Waals surface area (Å²) in [6.45, 7) is 3.02. The van der Waals surface area contributed by atoms with Gasteiger partial charge in [-0.05, 0) is 100 Å². The molecule has 0 saturated carbocycles. The van der Waals surface area contributed by atoms with E-state index in [4.69, 9.17) is 9.97 Å². The van der Waals surface area contributed by atoms with Crippen LogP contribution in [0.5, 0.6) is 0 Å². The van der Waals surface area contributed by atoms with Crippen molar-refractivity contribution in [3.05, 3.63) is 193 Å². The van der Waals surface area contributed by atoms with Gasteiger partial charge in [0.1, 0.15) is 0 Å². The topological polar surface area (TPSA) is 50.7 Å². The maximum Gasteiger partial charge on any atom is 0.160 e. The molecule has 0 saturated heterocycles. The summed E-state index contributed by atoms with van der Waals surface area (Å²) < 4.78 is 0. The van der Waals surface area contributed by atoms with Crippen LogP contribution in [-0.2, 0) is 0 Å². The number of dihydropyridines is 1. The highest BCUT2D eigenvalue weighted by Crippen LogP contribution is 2.37. The number of hydrogen-bond acceptors (Lipinski definition) is 4. The number of nitrogens with one attached hydrogen (secondary N) is 1. The molecule has 2 aliphatic rings. The predicted octanol–water partition coefficient (Wildman–Crippen LogP) is 11.6. The van der Waals surface area contributed by atoms with Crippen LogP contribution in [0.15, 0.2) is 182 Å². The van der Waals surface area contributed by atoms with Gasteiger partial charge in [0, 0.05) is 52.0 Å². The van der Waals surface area contributed by atoms with Crippen LogP contribution in [-0.4, -0.2) is 21.5 Å². The van der Waals surface area contributed by atoms with E-state index in [9.17, 15) is 0 Å². The largest absolute Gasteiger partial charge is 0.381 e. The van der Waals surface area contributed by atoms with Gasteiger partial charge in [-0.1, -0.05) is 110 Å². The van der Waals surface area contributed by atoms with Crippen LogP contribution in [0.4, 0.5) is 0 Å². The standard InChI is InChI=1S/C49H36N4/c1-33-13-5-6-20-43(33)37-23-24-44-47(32-37)52-49(53-48(44)34-14-3-2-4-15-34)42-30-40(35-16-11-18-38(27-35)45-21-7-9-25-50-45)29-41(31-42)36-17-12-19-39(28-36)46-22-8-10-26-51-46/h2-19,21-25,27-33,51H,26H2,1H3. The summed E-state index contributed by atoms with van der Waals surface area (Å²) in [6, 6.07) is 47.0. The molecular formula is C49H36N4. The van der Waals surface area contributed by atoms with E-state index in [1.807, 2.05) is 36.5 Å². The molecule has 53 heavy (non-hydrogen) atoms. The maximum atomic E-state index is 5.34. The molecule has 0 radical (unpaired) electrons. The predicted molar refractivity (Wildman–Crippen MR) is 219 cm³/mol. The fraction of sp³-hybridized carbons (Fsp3) is 0.0612. The second kappa shape index (κ2) is 14.0. The zero-order valence-electron chi connectivity index (χ0n) is 29.4. The monoisotopic (exact) mass is 680 g/mol. The fourth-order valence-electron chi connectivity index (χ4n) is 7.18. The Morgan fingerprint density at radius 1 is 0.604 bits per heavy atom. The van der Waals surface area contributed by atoms with Crippen LogP contribution < -0.4 is 5.32 Å². The molecule has 1 atom stereocenters. The summed E-state index contributed by atoms with van der Waals surface area (Å²) in [4.78, 5) is 15.3. The van der Waals surface area contributed by atoms with Gasteiger partial charge in [-0.2, -0.15) is 0 Å². The molecule has 9 rings (SSSR count). The Kier molecular flexibility index (Phi) is 8.49. The number of allylic oxidation sites excluding steroid dienone is 5. The van der Waals surface area contributed by atoms with Gasteiger partial charge in [0.05, 0.1) is 16.9 Å². The van der Waals surface area contributed by atoms with Crippen molar-refractivity contribution in [2.45, 2.75) is 6.92 Å². The van der Waals surface area contributed by atoms with Gasteiger partial charge in [0.25, 0.3) is 0 Å². The van der Waals surface area contributed by atoms with Crippen LogP contribution in [0.2, 0.25) is 0 Å². The molecule has 5 aromatic carbocycles. The third-order valence-corrected chi connectivity index (χ3v) is 9.91. The van der Waals surface area contributed by atoms with Gasteiger partial charge < -0.3 is 5.32 Å². The Balaban J connectivity index is 1.25. The van der Waals surface area contributed by atoms with Crippen molar-refractivity contribution in [3.63, 3.8) is 0 Å². The Morgan fingerprint density at radius 3 is 2.08 bits per heavy atom. The average Bonchev–Trinajstić information content (AvgIpc) is 3.24. The molecule has 1 aliphatic heterocycles. The van der Waals surface area contributed by atoms with Crippen LogP contribution in [0.25, 0.3) is 78.3 Å². The maximum absolute atomic E-state index is 5.34. The van der Waals surface area contributed by atoms with E-state index in [2.05, 4.69) is 163 Å². The lowest BCUT2D eigenvalue weighted by Gasteiger charge is -2.16. The molecular weight excluding hydrogens is 645 g/mol. The molecule has 1 aliphatic carbocycles. The SMILES string of the molecule is CC1C=CC=C=C1c1ccc2c(-c3ccccc3)nc(-c3cc(-c4cccc(C5=CC=CCN5)c4)cc(-c4cccc(-c5ccccn5)c4)c3)nc2c1. The van der Waals surface area contributed by atoms with Gasteiger partial charge in [0.15, 0.2) is 5.82 Å². The van der Waals surface area contributed by atoms with Crippen molar-refractivity contribution in [2.75, 3.05) is 6.54 Å². The van der Waals surface area contributed by atoms with E-state index in [0.29, 0.717) is 5.82 Å². The van der Waals surface area contributed by atoms with E-state index in [1.54, 1.807) is 0 Å². The molecule has 0 fully saturated rings. The van der Waals surface area contributed by atoms with Gasteiger partial charge in [-0.3, -0.25) is 4.98 Å². The normalized spacial score (nSPS) is 14.8. The molecule has 2 aromatic heterocycles. The third kappa shape index (κ3) is 6.56. The Hall–Kier alpha value is -6.87. The van der Waals surface area contributed by atoms with Crippen molar-refractivity contribution >= 4 is 22.2 Å². The van der Waals surface area contributed by atoms with Gasteiger partial charge >= 0.3 is 0 Å². The quantitative estimate of drug-likeness (QED) is 0.170. The average molecular weight is 681 g/mol. The highest BCUT2D eigenvalue weighted by Gasteiger charge is 2.17. The lowest BCUT2D eigenvalue weighted by atomic mass is 9.91. The van der Waals surface area contributed by atoms with Crippen LogP contribution in [0, 0.1) is 5.92 Å². The van der Waals surface area contributed by atoms with E-state index >= 15 is 0 Å². The summed E-state index contributed by atoms with van der Waals surface area (Å²) in [5.74, 6) is 0.941. The molecule has 1 N–H and O–H groups in total. The first-order valence-electron chi connectivity index (χ1n) is 18.1. The van der Waals surface area contributed by atoms with Crippen molar-refractivity contribution in [2.24, 2.45) is 5.92 Å². The van der Waals surface area contributed by atoms with E-state index in [-0.39, 0.29) is 5.92 Å². The van der Waals surface area contributed by atoms with Gasteiger partial charge in [-0.25, -0.2) is 9.97 Å². The van der Waals surface area contributed by atoms with Crippen LogP contribution in [0.1, 0.15) is 18.1 Å². The number of pyridine rings is 1. The molecule has 4 nitrogen and oxygen atoms in total. The van der Waals surface area contributed by atoms with Crippen molar-refractivity contribution in [1.82, 2.24) is 20.3 Å². The Morgan fingerprint density at radius 2 is 1.32 bits per heavy atom. The Labute approximate surface area is 310 Å². The molecule has 1 unspecified atom stereocenters. The zero-order chi connectivity index (χ0) is 35.6. The van der Waals surface area contributed by atoms with E-state index in [1.165, 1.54) is 0 Å². The second-order valence-electron chi connectivity index (χ2n) is 13.5. The second-order valence-corrected chi connectivity index (χ2v) is 13.5. The minimum Gasteiger partial charge on any atom is -0.381 e. The first-order chi connectivity index (χ1) is 26.2. The zero-order valence-corrected chi connectivity index (χ0v) is 29.4. The lowest BCUT2D eigenvalue weighted by Crippen LogP contribution is -2.14. The van der Waals surface area contributed by atoms with Gasteiger partial charge in [0.2, 0.25) is 0 Å². The third-order valence-electron chi connectivity index (χ3n) is 9.91.